The number of ether oxygens (including phenoxy) is 4. The van der Waals surface area contributed by atoms with E-state index in [2.05, 4.69) is 38.2 Å². The fourth-order valence-corrected chi connectivity index (χ4v) is 3.34. The third-order valence-electron chi connectivity index (χ3n) is 5.31. The molecule has 0 saturated carbocycles. The van der Waals surface area contributed by atoms with Crippen LogP contribution < -0.4 is 24.3 Å². The summed E-state index contributed by atoms with van der Waals surface area (Å²) < 4.78 is 22.0. The molecule has 33 heavy (non-hydrogen) atoms. The number of nitrogens with one attached hydrogen (secondary N) is 1. The monoisotopic (exact) mass is 449 g/mol. The van der Waals surface area contributed by atoms with Gasteiger partial charge in [-0.2, -0.15) is 0 Å². The Morgan fingerprint density at radius 2 is 1.45 bits per heavy atom. The van der Waals surface area contributed by atoms with Crippen molar-refractivity contribution in [2.45, 2.75) is 32.8 Å². The summed E-state index contributed by atoms with van der Waals surface area (Å²) in [6.07, 6.45) is 0. The van der Waals surface area contributed by atoms with Crippen LogP contribution in [0, 0.1) is 0 Å². The molecule has 6 heteroatoms. The lowest BCUT2D eigenvalue weighted by atomic mass is 9.87. The first-order valence-electron chi connectivity index (χ1n) is 10.7. The van der Waals surface area contributed by atoms with Crippen LogP contribution in [-0.4, -0.2) is 27.2 Å². The zero-order valence-corrected chi connectivity index (χ0v) is 20.0. The molecule has 0 saturated heterocycles. The van der Waals surface area contributed by atoms with Crippen LogP contribution in [-0.2, 0) is 12.0 Å². The predicted octanol–water partition coefficient (Wildman–Crippen LogP) is 5.84. The van der Waals surface area contributed by atoms with Crippen molar-refractivity contribution in [3.63, 3.8) is 0 Å². The Kier molecular flexibility index (Phi) is 7.48. The Hall–Kier alpha value is -3.67. The van der Waals surface area contributed by atoms with Crippen molar-refractivity contribution < 1.29 is 23.7 Å². The molecule has 0 aliphatic heterocycles. The fourth-order valence-electron chi connectivity index (χ4n) is 3.34. The van der Waals surface area contributed by atoms with E-state index in [1.54, 1.807) is 57.7 Å². The van der Waals surface area contributed by atoms with Crippen LogP contribution in [0.2, 0.25) is 0 Å². The van der Waals surface area contributed by atoms with Crippen LogP contribution in [0.1, 0.15) is 42.3 Å². The summed E-state index contributed by atoms with van der Waals surface area (Å²) in [5, 5.41) is 2.89. The molecule has 0 fully saturated rings. The molecule has 174 valence electrons. The lowest BCUT2D eigenvalue weighted by molar-refractivity contribution is 0.102. The maximum Gasteiger partial charge on any atom is 0.255 e. The fraction of sp³-hybridized carbons (Fsp3) is 0.296. The van der Waals surface area contributed by atoms with Crippen molar-refractivity contribution in [3.8, 4) is 23.0 Å². The van der Waals surface area contributed by atoms with E-state index < -0.39 is 0 Å². The first kappa shape index (κ1) is 24.0. The molecule has 0 radical (unpaired) electrons. The van der Waals surface area contributed by atoms with E-state index in [0.717, 1.165) is 11.3 Å². The summed E-state index contributed by atoms with van der Waals surface area (Å²) in [6, 6.07) is 18.5. The zero-order valence-electron chi connectivity index (χ0n) is 20.0. The Labute approximate surface area is 195 Å². The minimum atomic E-state index is -0.267. The average molecular weight is 450 g/mol. The van der Waals surface area contributed by atoms with Crippen LogP contribution in [0.5, 0.6) is 23.0 Å². The van der Waals surface area contributed by atoms with Crippen molar-refractivity contribution in [2.24, 2.45) is 0 Å². The molecule has 0 heterocycles. The van der Waals surface area contributed by atoms with Gasteiger partial charge in [0.25, 0.3) is 5.91 Å². The quantitative estimate of drug-likeness (QED) is 0.468. The normalized spacial score (nSPS) is 11.0. The van der Waals surface area contributed by atoms with Crippen molar-refractivity contribution >= 4 is 11.6 Å². The van der Waals surface area contributed by atoms with Gasteiger partial charge in [0.15, 0.2) is 0 Å². The molecule has 0 spiro atoms. The number of methoxy groups -OCH3 is 3. The van der Waals surface area contributed by atoms with Gasteiger partial charge in [-0.15, -0.1) is 0 Å². The molecule has 0 aromatic heterocycles. The van der Waals surface area contributed by atoms with Gasteiger partial charge in [-0.25, -0.2) is 0 Å². The van der Waals surface area contributed by atoms with Crippen LogP contribution in [0.3, 0.4) is 0 Å². The smallest absolute Gasteiger partial charge is 0.255 e. The molecule has 3 aromatic rings. The van der Waals surface area contributed by atoms with Crippen molar-refractivity contribution in [1.29, 1.82) is 0 Å². The molecule has 0 unspecified atom stereocenters. The first-order valence-corrected chi connectivity index (χ1v) is 10.7. The van der Waals surface area contributed by atoms with Gasteiger partial charge >= 0.3 is 0 Å². The van der Waals surface area contributed by atoms with Gasteiger partial charge in [-0.1, -0.05) is 32.9 Å². The number of hydrogen-bond donors (Lipinski definition) is 1. The molecule has 0 atom stereocenters. The largest absolute Gasteiger partial charge is 0.497 e. The molecule has 1 amide bonds. The highest BCUT2D eigenvalue weighted by Crippen LogP contribution is 2.30. The van der Waals surface area contributed by atoms with E-state index in [0.29, 0.717) is 28.5 Å². The standard InChI is InChI=1S/C27H31NO5/c1-27(2,3)20-8-10-21(11-9-20)33-17-19-15-18(7-14-24(19)31-5)26(29)28-23-13-12-22(30-4)16-25(23)32-6/h7-16H,17H2,1-6H3,(H,28,29). The van der Waals surface area contributed by atoms with Gasteiger partial charge in [-0.05, 0) is 53.4 Å². The summed E-state index contributed by atoms with van der Waals surface area (Å²) >= 11 is 0. The highest BCUT2D eigenvalue weighted by Gasteiger charge is 2.15. The Morgan fingerprint density at radius 3 is 2.06 bits per heavy atom. The topological polar surface area (TPSA) is 66.0 Å². The highest BCUT2D eigenvalue weighted by atomic mass is 16.5. The molecular formula is C27H31NO5. The molecule has 6 nitrogen and oxygen atoms in total. The van der Waals surface area contributed by atoms with Crippen LogP contribution >= 0.6 is 0 Å². The molecule has 1 N–H and O–H groups in total. The van der Waals surface area contributed by atoms with Gasteiger partial charge in [0.1, 0.15) is 29.6 Å². The third kappa shape index (κ3) is 5.98. The van der Waals surface area contributed by atoms with E-state index in [9.17, 15) is 4.79 Å². The SMILES string of the molecule is COc1ccc(NC(=O)c2ccc(OC)c(COc3ccc(C(C)(C)C)cc3)c2)c(OC)c1. The van der Waals surface area contributed by atoms with Gasteiger partial charge in [0.2, 0.25) is 0 Å². The number of anilines is 1. The predicted molar refractivity (Wildman–Crippen MR) is 130 cm³/mol. The maximum absolute atomic E-state index is 12.9. The molecule has 0 aliphatic carbocycles. The lowest BCUT2D eigenvalue weighted by Gasteiger charge is -2.19. The molecular weight excluding hydrogens is 418 g/mol. The molecule has 3 rings (SSSR count). The second kappa shape index (κ2) is 10.3. The number of rotatable bonds is 8. The van der Waals surface area contributed by atoms with Gasteiger partial charge < -0.3 is 24.3 Å². The number of hydrogen-bond acceptors (Lipinski definition) is 5. The average Bonchev–Trinajstić information content (AvgIpc) is 2.82. The van der Waals surface area contributed by atoms with E-state index >= 15 is 0 Å². The minimum Gasteiger partial charge on any atom is -0.497 e. The molecule has 0 aliphatic rings. The second-order valence-corrected chi connectivity index (χ2v) is 8.61. The first-order chi connectivity index (χ1) is 15.7. The number of carbonyl (C=O) groups is 1. The Bertz CT molecular complexity index is 1100. The summed E-state index contributed by atoms with van der Waals surface area (Å²) in [7, 11) is 4.72. The zero-order chi connectivity index (χ0) is 24.0. The third-order valence-corrected chi connectivity index (χ3v) is 5.31. The summed E-state index contributed by atoms with van der Waals surface area (Å²) in [5.74, 6) is 2.29. The van der Waals surface area contributed by atoms with Crippen molar-refractivity contribution in [3.05, 3.63) is 77.4 Å². The molecule has 3 aromatic carbocycles. The summed E-state index contributed by atoms with van der Waals surface area (Å²) in [5.41, 5.74) is 3.12. The minimum absolute atomic E-state index is 0.0794. The van der Waals surface area contributed by atoms with E-state index in [-0.39, 0.29) is 17.9 Å². The number of carbonyl (C=O) groups excluding carboxylic acids is 1. The Balaban J connectivity index is 1.76. The lowest BCUT2D eigenvalue weighted by Crippen LogP contribution is -2.13. The van der Waals surface area contributed by atoms with Crippen molar-refractivity contribution in [2.75, 3.05) is 26.6 Å². The van der Waals surface area contributed by atoms with Gasteiger partial charge in [0, 0.05) is 17.2 Å². The van der Waals surface area contributed by atoms with Crippen LogP contribution in [0.25, 0.3) is 0 Å². The summed E-state index contributed by atoms with van der Waals surface area (Å²) in [6.45, 7) is 6.79. The van der Waals surface area contributed by atoms with E-state index in [1.165, 1.54) is 5.56 Å². The van der Waals surface area contributed by atoms with Crippen LogP contribution in [0.15, 0.2) is 60.7 Å². The van der Waals surface area contributed by atoms with Crippen molar-refractivity contribution in [1.82, 2.24) is 0 Å². The van der Waals surface area contributed by atoms with Gasteiger partial charge in [-0.3, -0.25) is 4.79 Å². The van der Waals surface area contributed by atoms with E-state index in [1.807, 2.05) is 12.1 Å². The number of amides is 1. The van der Waals surface area contributed by atoms with E-state index in [4.69, 9.17) is 18.9 Å². The molecule has 0 bridgehead atoms. The number of benzene rings is 3. The van der Waals surface area contributed by atoms with Gasteiger partial charge in [0.05, 0.1) is 27.0 Å². The Morgan fingerprint density at radius 1 is 0.788 bits per heavy atom. The maximum atomic E-state index is 12.9. The second-order valence-electron chi connectivity index (χ2n) is 8.61. The van der Waals surface area contributed by atoms with Crippen LogP contribution in [0.4, 0.5) is 5.69 Å². The highest BCUT2D eigenvalue weighted by molar-refractivity contribution is 6.05. The summed E-state index contributed by atoms with van der Waals surface area (Å²) in [4.78, 5) is 12.9.